The second kappa shape index (κ2) is 8.96. The second-order valence-electron chi connectivity index (χ2n) is 5.25. The van der Waals surface area contributed by atoms with Crippen LogP contribution in [-0.2, 0) is 0 Å². The smallest absolute Gasteiger partial charge is 0.0491 e. The fraction of sp³-hybridized carbons (Fsp3) is 0.857. The van der Waals surface area contributed by atoms with Gasteiger partial charge < -0.3 is 5.11 Å². The molecule has 0 aromatic rings. The van der Waals surface area contributed by atoms with Crippen LogP contribution in [0.2, 0.25) is 0 Å². The molecule has 0 aromatic heterocycles. The minimum atomic E-state index is 0.262. The largest absolute Gasteiger partial charge is 0.396 e. The van der Waals surface area contributed by atoms with Gasteiger partial charge >= 0.3 is 0 Å². The van der Waals surface area contributed by atoms with Gasteiger partial charge in [-0.3, -0.25) is 0 Å². The predicted molar refractivity (Wildman–Crippen MR) is 67.9 cm³/mol. The molecule has 0 radical (unpaired) electrons. The average Bonchev–Trinajstić information content (AvgIpc) is 2.17. The van der Waals surface area contributed by atoms with Crippen LogP contribution in [0.5, 0.6) is 0 Å². The summed E-state index contributed by atoms with van der Waals surface area (Å²) in [5, 5.41) is 8.85. The molecule has 0 unspecified atom stereocenters. The molecule has 0 aliphatic heterocycles. The second-order valence-corrected chi connectivity index (χ2v) is 5.25. The Morgan fingerprint density at radius 1 is 1.07 bits per heavy atom. The lowest BCUT2D eigenvalue weighted by Crippen LogP contribution is -1.97. The van der Waals surface area contributed by atoms with Gasteiger partial charge in [0.15, 0.2) is 0 Å². The van der Waals surface area contributed by atoms with Crippen molar-refractivity contribution >= 4 is 0 Å². The maximum absolute atomic E-state index is 8.85. The first-order valence-corrected chi connectivity index (χ1v) is 6.33. The molecule has 1 heteroatoms. The van der Waals surface area contributed by atoms with E-state index in [2.05, 4.69) is 32.9 Å². The Morgan fingerprint density at radius 2 is 1.73 bits per heavy atom. The Morgan fingerprint density at radius 3 is 2.27 bits per heavy atom. The summed E-state index contributed by atoms with van der Waals surface area (Å²) < 4.78 is 0. The Balaban J connectivity index is 3.48. The van der Waals surface area contributed by atoms with Gasteiger partial charge in [-0.25, -0.2) is 0 Å². The van der Waals surface area contributed by atoms with Crippen LogP contribution in [0.3, 0.4) is 0 Å². The Hall–Kier alpha value is -0.300. The van der Waals surface area contributed by atoms with Crippen LogP contribution in [0.25, 0.3) is 0 Å². The van der Waals surface area contributed by atoms with Crippen molar-refractivity contribution in [1.82, 2.24) is 0 Å². The highest BCUT2D eigenvalue weighted by Crippen LogP contribution is 2.15. The van der Waals surface area contributed by atoms with Crippen molar-refractivity contribution in [1.29, 1.82) is 0 Å². The summed E-state index contributed by atoms with van der Waals surface area (Å²) in [6.07, 6.45) is 9.53. The van der Waals surface area contributed by atoms with Gasteiger partial charge in [-0.1, -0.05) is 59.1 Å². The van der Waals surface area contributed by atoms with Crippen molar-refractivity contribution in [3.63, 3.8) is 0 Å². The molecule has 0 saturated carbocycles. The third kappa shape index (κ3) is 9.99. The number of rotatable bonds is 8. The standard InChI is InChI=1S/C14H28O/c1-12(2)7-5-8-13(3)9-6-10-14(4)11-15/h6,10,12-15H,5,7-9,11H2,1-4H3/t13-,14-/m1/s1. The van der Waals surface area contributed by atoms with E-state index in [-0.39, 0.29) is 6.61 Å². The molecule has 90 valence electrons. The molecule has 0 heterocycles. The van der Waals surface area contributed by atoms with E-state index < -0.39 is 0 Å². The third-order valence-electron chi connectivity index (χ3n) is 2.77. The molecule has 0 bridgehead atoms. The molecule has 0 aliphatic rings. The lowest BCUT2D eigenvalue weighted by atomic mass is 9.97. The summed E-state index contributed by atoms with van der Waals surface area (Å²) in [5.74, 6) is 1.93. The van der Waals surface area contributed by atoms with E-state index >= 15 is 0 Å². The zero-order valence-electron chi connectivity index (χ0n) is 10.9. The zero-order valence-corrected chi connectivity index (χ0v) is 10.9. The van der Waals surface area contributed by atoms with Gasteiger partial charge in [0.05, 0.1) is 0 Å². The summed E-state index contributed by atoms with van der Waals surface area (Å²) in [6.45, 7) is 9.19. The van der Waals surface area contributed by atoms with Crippen LogP contribution < -0.4 is 0 Å². The first-order chi connectivity index (χ1) is 7.06. The SMILES string of the molecule is CC(C)CCC[C@@H](C)CC=C[C@@H](C)CO. The third-order valence-corrected chi connectivity index (χ3v) is 2.77. The van der Waals surface area contributed by atoms with Crippen molar-refractivity contribution in [3.05, 3.63) is 12.2 Å². The maximum Gasteiger partial charge on any atom is 0.0491 e. The minimum Gasteiger partial charge on any atom is -0.396 e. The quantitative estimate of drug-likeness (QED) is 0.602. The molecular formula is C14H28O. The molecule has 0 rings (SSSR count). The predicted octanol–water partition coefficient (Wildman–Crippen LogP) is 4.02. The number of aliphatic hydroxyl groups excluding tert-OH is 1. The fourth-order valence-corrected chi connectivity index (χ4v) is 1.60. The van der Waals surface area contributed by atoms with Crippen LogP contribution in [0.1, 0.15) is 53.4 Å². The molecule has 15 heavy (non-hydrogen) atoms. The molecule has 0 aromatic carbocycles. The highest BCUT2D eigenvalue weighted by atomic mass is 16.3. The molecule has 0 saturated heterocycles. The lowest BCUT2D eigenvalue weighted by Gasteiger charge is -2.10. The molecule has 0 spiro atoms. The summed E-state index contributed by atoms with van der Waals surface area (Å²) in [7, 11) is 0. The van der Waals surface area contributed by atoms with Crippen molar-refractivity contribution in [3.8, 4) is 0 Å². The summed E-state index contributed by atoms with van der Waals surface area (Å²) in [6, 6.07) is 0. The Kier molecular flexibility index (Phi) is 8.79. The van der Waals surface area contributed by atoms with Gasteiger partial charge in [0.1, 0.15) is 0 Å². The lowest BCUT2D eigenvalue weighted by molar-refractivity contribution is 0.261. The monoisotopic (exact) mass is 212 g/mol. The van der Waals surface area contributed by atoms with Crippen molar-refractivity contribution in [2.24, 2.45) is 17.8 Å². The van der Waals surface area contributed by atoms with E-state index in [0.29, 0.717) is 5.92 Å². The van der Waals surface area contributed by atoms with E-state index in [9.17, 15) is 0 Å². The number of hydrogen-bond acceptors (Lipinski definition) is 1. The van der Waals surface area contributed by atoms with E-state index in [4.69, 9.17) is 5.11 Å². The summed E-state index contributed by atoms with van der Waals surface area (Å²) >= 11 is 0. The normalized spacial score (nSPS) is 16.1. The van der Waals surface area contributed by atoms with Gasteiger partial charge in [0.25, 0.3) is 0 Å². The van der Waals surface area contributed by atoms with Crippen molar-refractivity contribution < 1.29 is 5.11 Å². The van der Waals surface area contributed by atoms with E-state index in [1.165, 1.54) is 19.3 Å². The molecule has 0 aliphatic carbocycles. The van der Waals surface area contributed by atoms with Crippen molar-refractivity contribution in [2.75, 3.05) is 6.61 Å². The van der Waals surface area contributed by atoms with E-state index in [0.717, 1.165) is 18.3 Å². The van der Waals surface area contributed by atoms with Gasteiger partial charge in [-0.15, -0.1) is 0 Å². The topological polar surface area (TPSA) is 20.2 Å². The van der Waals surface area contributed by atoms with Gasteiger partial charge in [-0.2, -0.15) is 0 Å². The maximum atomic E-state index is 8.85. The molecule has 1 nitrogen and oxygen atoms in total. The van der Waals surface area contributed by atoms with Gasteiger partial charge in [-0.05, 0) is 24.2 Å². The highest BCUT2D eigenvalue weighted by Gasteiger charge is 2.01. The van der Waals surface area contributed by atoms with Gasteiger partial charge in [0.2, 0.25) is 0 Å². The molecule has 1 N–H and O–H groups in total. The number of aliphatic hydroxyl groups is 1. The molecule has 0 fully saturated rings. The first-order valence-electron chi connectivity index (χ1n) is 6.33. The highest BCUT2D eigenvalue weighted by molar-refractivity contribution is 4.87. The Labute approximate surface area is 95.6 Å². The van der Waals surface area contributed by atoms with Crippen LogP contribution in [0.15, 0.2) is 12.2 Å². The van der Waals surface area contributed by atoms with Crippen LogP contribution in [0, 0.1) is 17.8 Å². The van der Waals surface area contributed by atoms with Crippen molar-refractivity contribution in [2.45, 2.75) is 53.4 Å². The van der Waals surface area contributed by atoms with Gasteiger partial charge in [0, 0.05) is 6.61 Å². The van der Waals surface area contributed by atoms with Crippen LogP contribution >= 0.6 is 0 Å². The molecule has 0 amide bonds. The summed E-state index contributed by atoms with van der Waals surface area (Å²) in [4.78, 5) is 0. The zero-order chi connectivity index (χ0) is 11.7. The number of hydrogen-bond donors (Lipinski definition) is 1. The summed E-state index contributed by atoms with van der Waals surface area (Å²) in [5.41, 5.74) is 0. The van der Waals surface area contributed by atoms with Crippen LogP contribution in [-0.4, -0.2) is 11.7 Å². The van der Waals surface area contributed by atoms with E-state index in [1.807, 2.05) is 6.92 Å². The minimum absolute atomic E-state index is 0.262. The first kappa shape index (κ1) is 14.7. The molecular weight excluding hydrogens is 184 g/mol. The average molecular weight is 212 g/mol. The van der Waals surface area contributed by atoms with Crippen LogP contribution in [0.4, 0.5) is 0 Å². The Bertz CT molecular complexity index is 161. The van der Waals surface area contributed by atoms with E-state index in [1.54, 1.807) is 0 Å². The molecule has 2 atom stereocenters. The fourth-order valence-electron chi connectivity index (χ4n) is 1.60. The number of allylic oxidation sites excluding steroid dienone is 1.